The number of nitro groups is 1. The van der Waals surface area contributed by atoms with Crippen molar-refractivity contribution in [3.8, 4) is 5.75 Å². The molecule has 25 heavy (non-hydrogen) atoms. The number of rotatable bonds is 7. The number of hydrogen-bond acceptors (Lipinski definition) is 4. The highest BCUT2D eigenvalue weighted by Gasteiger charge is 2.04. The van der Waals surface area contributed by atoms with Crippen molar-refractivity contribution in [2.24, 2.45) is 4.99 Å². The van der Waals surface area contributed by atoms with Crippen molar-refractivity contribution in [2.45, 2.75) is 20.0 Å². The summed E-state index contributed by atoms with van der Waals surface area (Å²) in [4.78, 5) is 14.8. The van der Waals surface area contributed by atoms with Crippen LogP contribution in [-0.4, -0.2) is 24.5 Å². The average molecular weight is 342 g/mol. The van der Waals surface area contributed by atoms with E-state index in [1.54, 1.807) is 19.2 Å². The number of guanidine groups is 1. The molecule has 0 spiro atoms. The Balaban J connectivity index is 1.98. The number of nitrogens with one attached hydrogen (secondary N) is 2. The summed E-state index contributed by atoms with van der Waals surface area (Å²) in [6.45, 7) is 3.79. The SMILES string of the molecule is CCNC(=NCc1cccc(OC)c1)NCc1ccc([N+](=O)[O-])cc1. The summed E-state index contributed by atoms with van der Waals surface area (Å²) in [7, 11) is 1.64. The molecule has 7 nitrogen and oxygen atoms in total. The Morgan fingerprint density at radius 2 is 1.92 bits per heavy atom. The predicted molar refractivity (Wildman–Crippen MR) is 97.7 cm³/mol. The summed E-state index contributed by atoms with van der Waals surface area (Å²) >= 11 is 0. The Hall–Kier alpha value is -3.09. The zero-order valence-electron chi connectivity index (χ0n) is 14.4. The monoisotopic (exact) mass is 342 g/mol. The van der Waals surface area contributed by atoms with Gasteiger partial charge in [0.1, 0.15) is 5.75 Å². The van der Waals surface area contributed by atoms with E-state index in [1.807, 2.05) is 31.2 Å². The molecule has 2 N–H and O–H groups in total. The van der Waals surface area contributed by atoms with Crippen LogP contribution in [0.1, 0.15) is 18.1 Å². The topological polar surface area (TPSA) is 88.8 Å². The fraction of sp³-hybridized carbons (Fsp3) is 0.278. The molecule has 0 saturated carbocycles. The van der Waals surface area contributed by atoms with Gasteiger partial charge in [0.05, 0.1) is 18.6 Å². The number of methoxy groups -OCH3 is 1. The minimum absolute atomic E-state index is 0.0855. The van der Waals surface area contributed by atoms with Gasteiger partial charge in [0.25, 0.3) is 5.69 Å². The Bertz CT molecular complexity index is 729. The van der Waals surface area contributed by atoms with Crippen LogP contribution >= 0.6 is 0 Å². The third-order valence-electron chi connectivity index (χ3n) is 3.51. The van der Waals surface area contributed by atoms with Gasteiger partial charge in [-0.15, -0.1) is 0 Å². The van der Waals surface area contributed by atoms with E-state index in [0.29, 0.717) is 19.0 Å². The van der Waals surface area contributed by atoms with Gasteiger partial charge in [-0.3, -0.25) is 10.1 Å². The van der Waals surface area contributed by atoms with E-state index in [0.717, 1.165) is 23.4 Å². The van der Waals surface area contributed by atoms with Gasteiger partial charge in [0.15, 0.2) is 5.96 Å². The van der Waals surface area contributed by atoms with E-state index in [9.17, 15) is 10.1 Å². The van der Waals surface area contributed by atoms with E-state index < -0.39 is 4.92 Å². The fourth-order valence-corrected chi connectivity index (χ4v) is 2.20. The van der Waals surface area contributed by atoms with Gasteiger partial charge in [-0.2, -0.15) is 0 Å². The number of hydrogen-bond donors (Lipinski definition) is 2. The third-order valence-corrected chi connectivity index (χ3v) is 3.51. The molecule has 7 heteroatoms. The summed E-state index contributed by atoms with van der Waals surface area (Å²) in [6.07, 6.45) is 0. The fourth-order valence-electron chi connectivity index (χ4n) is 2.20. The van der Waals surface area contributed by atoms with Crippen LogP contribution < -0.4 is 15.4 Å². The molecule has 2 rings (SSSR count). The minimum atomic E-state index is -0.406. The Labute approximate surface area is 146 Å². The van der Waals surface area contributed by atoms with Crippen LogP contribution in [0.4, 0.5) is 5.69 Å². The van der Waals surface area contributed by atoms with Crippen molar-refractivity contribution in [2.75, 3.05) is 13.7 Å². The Morgan fingerprint density at radius 3 is 2.56 bits per heavy atom. The zero-order chi connectivity index (χ0) is 18.1. The molecule has 0 fully saturated rings. The molecule has 0 amide bonds. The van der Waals surface area contributed by atoms with Crippen LogP contribution in [0.25, 0.3) is 0 Å². The highest BCUT2D eigenvalue weighted by atomic mass is 16.6. The van der Waals surface area contributed by atoms with Gasteiger partial charge in [-0.1, -0.05) is 24.3 Å². The summed E-state index contributed by atoms with van der Waals surface area (Å²) < 4.78 is 5.21. The number of benzene rings is 2. The molecule has 0 unspecified atom stereocenters. The van der Waals surface area contributed by atoms with Gasteiger partial charge >= 0.3 is 0 Å². The molecule has 0 saturated heterocycles. The molecule has 0 aliphatic rings. The first-order valence-corrected chi connectivity index (χ1v) is 8.01. The molecule has 2 aromatic carbocycles. The van der Waals surface area contributed by atoms with Gasteiger partial charge in [0, 0.05) is 25.2 Å². The first-order valence-electron chi connectivity index (χ1n) is 8.01. The molecule has 2 aromatic rings. The standard InChI is InChI=1S/C18H22N4O3/c1-3-19-18(21-13-15-5-4-6-17(11-15)25-2)20-12-14-7-9-16(10-8-14)22(23)24/h4-11H,3,12-13H2,1-2H3,(H2,19,20,21). The number of nitrogens with zero attached hydrogens (tertiary/aromatic N) is 2. The number of ether oxygens (including phenoxy) is 1. The minimum Gasteiger partial charge on any atom is -0.497 e. The van der Waals surface area contributed by atoms with Crippen LogP contribution in [0, 0.1) is 10.1 Å². The van der Waals surface area contributed by atoms with Crippen LogP contribution in [0.3, 0.4) is 0 Å². The number of aliphatic imine (C=N–C) groups is 1. The van der Waals surface area contributed by atoms with Crippen molar-refractivity contribution < 1.29 is 9.66 Å². The van der Waals surface area contributed by atoms with E-state index in [2.05, 4.69) is 15.6 Å². The van der Waals surface area contributed by atoms with Crippen LogP contribution in [-0.2, 0) is 13.1 Å². The van der Waals surface area contributed by atoms with Gasteiger partial charge in [-0.05, 0) is 30.2 Å². The average Bonchev–Trinajstić information content (AvgIpc) is 2.64. The van der Waals surface area contributed by atoms with Crippen LogP contribution in [0.2, 0.25) is 0 Å². The maximum absolute atomic E-state index is 10.7. The highest BCUT2D eigenvalue weighted by Crippen LogP contribution is 2.13. The smallest absolute Gasteiger partial charge is 0.269 e. The van der Waals surface area contributed by atoms with Gasteiger partial charge in [0.2, 0.25) is 0 Å². The maximum Gasteiger partial charge on any atom is 0.269 e. The van der Waals surface area contributed by atoms with E-state index >= 15 is 0 Å². The van der Waals surface area contributed by atoms with Gasteiger partial charge in [-0.25, -0.2) is 4.99 Å². The zero-order valence-corrected chi connectivity index (χ0v) is 14.4. The molecule has 0 aliphatic carbocycles. The second kappa shape index (κ2) is 9.27. The number of non-ortho nitro benzene ring substituents is 1. The summed E-state index contributed by atoms with van der Waals surface area (Å²) in [5, 5.41) is 17.1. The van der Waals surface area contributed by atoms with Crippen molar-refractivity contribution in [1.29, 1.82) is 0 Å². The normalized spacial score (nSPS) is 11.0. The second-order valence-corrected chi connectivity index (χ2v) is 5.32. The molecular formula is C18H22N4O3. The predicted octanol–water partition coefficient (Wildman–Crippen LogP) is 2.86. The summed E-state index contributed by atoms with van der Waals surface area (Å²) in [6, 6.07) is 14.2. The largest absolute Gasteiger partial charge is 0.497 e. The lowest BCUT2D eigenvalue weighted by molar-refractivity contribution is -0.384. The second-order valence-electron chi connectivity index (χ2n) is 5.32. The van der Waals surface area contributed by atoms with E-state index in [1.165, 1.54) is 12.1 Å². The van der Waals surface area contributed by atoms with Crippen molar-refractivity contribution in [3.05, 3.63) is 69.8 Å². The lowest BCUT2D eigenvalue weighted by Gasteiger charge is -2.11. The van der Waals surface area contributed by atoms with Crippen LogP contribution in [0.15, 0.2) is 53.5 Å². The van der Waals surface area contributed by atoms with Crippen molar-refractivity contribution >= 4 is 11.6 Å². The summed E-state index contributed by atoms with van der Waals surface area (Å²) in [5.41, 5.74) is 2.08. The molecule has 0 bridgehead atoms. The number of nitro benzene ring substituents is 1. The van der Waals surface area contributed by atoms with Crippen molar-refractivity contribution in [1.82, 2.24) is 10.6 Å². The molecule has 0 heterocycles. The van der Waals surface area contributed by atoms with Crippen molar-refractivity contribution in [3.63, 3.8) is 0 Å². The Kier molecular flexibility index (Phi) is 6.76. The highest BCUT2D eigenvalue weighted by molar-refractivity contribution is 5.79. The summed E-state index contributed by atoms with van der Waals surface area (Å²) in [5.74, 6) is 1.49. The Morgan fingerprint density at radius 1 is 1.16 bits per heavy atom. The lowest BCUT2D eigenvalue weighted by atomic mass is 10.2. The third kappa shape index (κ3) is 5.80. The van der Waals surface area contributed by atoms with Crippen LogP contribution in [0.5, 0.6) is 5.75 Å². The molecule has 0 aliphatic heterocycles. The molecule has 0 aromatic heterocycles. The first-order chi connectivity index (χ1) is 12.1. The van der Waals surface area contributed by atoms with E-state index in [-0.39, 0.29) is 5.69 Å². The quantitative estimate of drug-likeness (QED) is 0.349. The molecule has 0 radical (unpaired) electrons. The lowest BCUT2D eigenvalue weighted by Crippen LogP contribution is -2.36. The van der Waals surface area contributed by atoms with E-state index in [4.69, 9.17) is 4.74 Å². The maximum atomic E-state index is 10.7. The first kappa shape index (κ1) is 18.3. The molecular weight excluding hydrogens is 320 g/mol. The molecule has 0 atom stereocenters. The molecule has 132 valence electrons. The van der Waals surface area contributed by atoms with Gasteiger partial charge < -0.3 is 15.4 Å².